The van der Waals surface area contributed by atoms with Crippen LogP contribution in [0, 0.1) is 0 Å². The highest BCUT2D eigenvalue weighted by molar-refractivity contribution is 8.38. The number of fused-ring (bicyclic) bond motifs is 3. The van der Waals surface area contributed by atoms with E-state index in [2.05, 4.69) is 15.2 Å². The average Bonchev–Trinajstić information content (AvgIpc) is 3.20. The summed E-state index contributed by atoms with van der Waals surface area (Å²) in [5.41, 5.74) is 0.799. The van der Waals surface area contributed by atoms with Crippen molar-refractivity contribution < 1.29 is 0 Å². The van der Waals surface area contributed by atoms with Crippen molar-refractivity contribution in [3.8, 4) is 0 Å². The Kier molecular flexibility index (Phi) is 3.42. The highest BCUT2D eigenvalue weighted by Gasteiger charge is 2.16. The molecule has 6 nitrogen and oxygen atoms in total. The van der Waals surface area contributed by atoms with Crippen LogP contribution in [0.5, 0.6) is 0 Å². The molecule has 0 amide bonds. The van der Waals surface area contributed by atoms with Gasteiger partial charge in [-0.2, -0.15) is 0 Å². The SMILES string of the molecule is Cn1c(=O)c2ccccc2n2c(CSC3=NCCS3)nnc12. The second-order valence-electron chi connectivity index (χ2n) is 4.92. The van der Waals surface area contributed by atoms with Crippen molar-refractivity contribution >= 4 is 44.6 Å². The molecule has 1 aromatic carbocycles. The standard InChI is InChI=1S/C14H13N5OS2/c1-18-12(20)9-4-2-3-5-10(9)19-11(16-17-13(18)19)8-22-14-15-6-7-21-14/h2-5H,6-8H2,1H3. The zero-order valence-electron chi connectivity index (χ0n) is 11.9. The van der Waals surface area contributed by atoms with Crippen LogP contribution < -0.4 is 5.56 Å². The first-order valence-corrected chi connectivity index (χ1v) is 8.84. The topological polar surface area (TPSA) is 64.5 Å². The number of aryl methyl sites for hydroxylation is 1. The fourth-order valence-corrected chi connectivity index (χ4v) is 4.44. The van der Waals surface area contributed by atoms with Crippen LogP contribution in [0.4, 0.5) is 0 Å². The van der Waals surface area contributed by atoms with Gasteiger partial charge in [-0.1, -0.05) is 35.7 Å². The van der Waals surface area contributed by atoms with E-state index in [-0.39, 0.29) is 5.56 Å². The number of para-hydroxylation sites is 1. The van der Waals surface area contributed by atoms with Crippen molar-refractivity contribution in [1.29, 1.82) is 0 Å². The minimum atomic E-state index is -0.0505. The molecule has 3 heterocycles. The normalized spacial score (nSPS) is 14.9. The molecule has 4 rings (SSSR count). The Bertz CT molecular complexity index is 959. The van der Waals surface area contributed by atoms with Gasteiger partial charge in [0.05, 0.1) is 23.2 Å². The van der Waals surface area contributed by atoms with Crippen LogP contribution in [0.25, 0.3) is 16.7 Å². The van der Waals surface area contributed by atoms with Gasteiger partial charge in [-0.25, -0.2) is 0 Å². The molecule has 22 heavy (non-hydrogen) atoms. The van der Waals surface area contributed by atoms with E-state index in [1.54, 1.807) is 35.1 Å². The van der Waals surface area contributed by atoms with E-state index in [1.165, 1.54) is 0 Å². The quantitative estimate of drug-likeness (QED) is 0.718. The van der Waals surface area contributed by atoms with Crippen molar-refractivity contribution in [2.24, 2.45) is 12.0 Å². The molecule has 0 unspecified atom stereocenters. The third kappa shape index (κ3) is 2.14. The van der Waals surface area contributed by atoms with Crippen LogP contribution in [0.1, 0.15) is 5.82 Å². The van der Waals surface area contributed by atoms with Gasteiger partial charge >= 0.3 is 0 Å². The lowest BCUT2D eigenvalue weighted by Crippen LogP contribution is -2.20. The summed E-state index contributed by atoms with van der Waals surface area (Å²) in [5, 5.41) is 9.14. The average molecular weight is 331 g/mol. The Morgan fingerprint density at radius 3 is 3.00 bits per heavy atom. The van der Waals surface area contributed by atoms with E-state index in [9.17, 15) is 4.79 Å². The maximum atomic E-state index is 12.4. The molecule has 2 aromatic heterocycles. The van der Waals surface area contributed by atoms with Crippen molar-refractivity contribution in [3.63, 3.8) is 0 Å². The van der Waals surface area contributed by atoms with E-state index >= 15 is 0 Å². The molecular weight excluding hydrogens is 318 g/mol. The van der Waals surface area contributed by atoms with Crippen LogP contribution >= 0.6 is 23.5 Å². The second kappa shape index (κ2) is 5.44. The lowest BCUT2D eigenvalue weighted by molar-refractivity contribution is 0.858. The van der Waals surface area contributed by atoms with E-state index in [0.717, 1.165) is 28.0 Å². The molecule has 112 valence electrons. The van der Waals surface area contributed by atoms with Gasteiger partial charge in [-0.15, -0.1) is 10.2 Å². The molecule has 0 atom stereocenters. The van der Waals surface area contributed by atoms with Gasteiger partial charge in [0.15, 0.2) is 0 Å². The smallest absolute Gasteiger partial charge is 0.262 e. The predicted octanol–water partition coefficient (Wildman–Crippen LogP) is 1.92. The van der Waals surface area contributed by atoms with Gasteiger partial charge in [-0.05, 0) is 12.1 Å². The molecule has 0 saturated heterocycles. The summed E-state index contributed by atoms with van der Waals surface area (Å²) in [6.07, 6.45) is 0. The molecule has 0 aliphatic carbocycles. The molecule has 0 fully saturated rings. The summed E-state index contributed by atoms with van der Waals surface area (Å²) < 4.78 is 4.61. The first kappa shape index (κ1) is 13.8. The number of rotatable bonds is 2. The van der Waals surface area contributed by atoms with Gasteiger partial charge in [0, 0.05) is 12.8 Å². The first-order chi connectivity index (χ1) is 10.8. The Morgan fingerprint density at radius 2 is 2.18 bits per heavy atom. The fourth-order valence-electron chi connectivity index (χ4n) is 2.51. The maximum Gasteiger partial charge on any atom is 0.262 e. The van der Waals surface area contributed by atoms with E-state index in [4.69, 9.17) is 0 Å². The summed E-state index contributed by atoms with van der Waals surface area (Å²) in [6, 6.07) is 7.57. The monoisotopic (exact) mass is 331 g/mol. The van der Waals surface area contributed by atoms with Crippen LogP contribution in [0.3, 0.4) is 0 Å². The molecule has 0 bridgehead atoms. The van der Waals surface area contributed by atoms with Gasteiger partial charge in [0.2, 0.25) is 5.78 Å². The number of hydrogen-bond acceptors (Lipinski definition) is 6. The highest BCUT2D eigenvalue weighted by atomic mass is 32.2. The fraction of sp³-hybridized carbons (Fsp3) is 0.286. The first-order valence-electron chi connectivity index (χ1n) is 6.87. The van der Waals surface area contributed by atoms with Gasteiger partial charge in [0.1, 0.15) is 10.2 Å². The minimum Gasteiger partial charge on any atom is -0.279 e. The number of aromatic nitrogens is 4. The third-order valence-corrected chi connectivity index (χ3v) is 5.82. The van der Waals surface area contributed by atoms with E-state index < -0.39 is 0 Å². The Balaban J connectivity index is 1.88. The zero-order chi connectivity index (χ0) is 15.1. The number of aliphatic imine (C=N–C) groups is 1. The molecule has 0 N–H and O–H groups in total. The number of hydrogen-bond donors (Lipinski definition) is 0. The number of nitrogens with zero attached hydrogens (tertiary/aromatic N) is 5. The Labute approximate surface area is 134 Å². The van der Waals surface area contributed by atoms with Crippen molar-refractivity contribution in [2.45, 2.75) is 5.75 Å². The van der Waals surface area contributed by atoms with Gasteiger partial charge in [-0.3, -0.25) is 18.8 Å². The summed E-state index contributed by atoms with van der Waals surface area (Å²) in [4.78, 5) is 16.8. The minimum absolute atomic E-state index is 0.0505. The highest BCUT2D eigenvalue weighted by Crippen LogP contribution is 2.25. The lowest BCUT2D eigenvalue weighted by atomic mass is 10.2. The molecule has 1 aliphatic rings. The molecule has 8 heteroatoms. The van der Waals surface area contributed by atoms with Crippen molar-refractivity contribution in [3.05, 3.63) is 40.4 Å². The number of benzene rings is 1. The molecule has 0 radical (unpaired) electrons. The van der Waals surface area contributed by atoms with Gasteiger partial charge < -0.3 is 0 Å². The summed E-state index contributed by atoms with van der Waals surface area (Å²) in [7, 11) is 1.73. The van der Waals surface area contributed by atoms with E-state index in [0.29, 0.717) is 16.9 Å². The Morgan fingerprint density at radius 1 is 1.32 bits per heavy atom. The van der Waals surface area contributed by atoms with Crippen LogP contribution in [0.2, 0.25) is 0 Å². The summed E-state index contributed by atoms with van der Waals surface area (Å²) in [5.74, 6) is 3.15. The van der Waals surface area contributed by atoms with Crippen LogP contribution in [0.15, 0.2) is 34.1 Å². The third-order valence-electron chi connectivity index (χ3n) is 3.58. The largest absolute Gasteiger partial charge is 0.279 e. The number of thioether (sulfide) groups is 2. The summed E-state index contributed by atoms with van der Waals surface area (Å²) >= 11 is 3.46. The summed E-state index contributed by atoms with van der Waals surface area (Å²) in [6.45, 7) is 0.894. The van der Waals surface area contributed by atoms with E-state index in [1.807, 2.05) is 28.7 Å². The van der Waals surface area contributed by atoms with Crippen molar-refractivity contribution in [1.82, 2.24) is 19.2 Å². The lowest BCUT2D eigenvalue weighted by Gasteiger charge is -2.07. The van der Waals surface area contributed by atoms with Crippen molar-refractivity contribution in [2.75, 3.05) is 12.3 Å². The Hall–Kier alpha value is -1.80. The van der Waals surface area contributed by atoms with Gasteiger partial charge in [0.25, 0.3) is 5.56 Å². The molecule has 1 aliphatic heterocycles. The van der Waals surface area contributed by atoms with Crippen LogP contribution in [-0.4, -0.2) is 35.8 Å². The second-order valence-corrected chi connectivity index (χ2v) is 7.22. The zero-order valence-corrected chi connectivity index (χ0v) is 13.5. The molecule has 0 spiro atoms. The molecular formula is C14H13N5OS2. The molecule has 0 saturated carbocycles. The van der Waals surface area contributed by atoms with Crippen LogP contribution in [-0.2, 0) is 12.8 Å². The predicted molar refractivity (Wildman–Crippen MR) is 91.8 cm³/mol. The molecule has 3 aromatic rings. The maximum absolute atomic E-state index is 12.4.